The summed E-state index contributed by atoms with van der Waals surface area (Å²) in [4.78, 5) is 10.0. The molecule has 4 heteroatoms. The first-order valence-electron chi connectivity index (χ1n) is 3.49. The van der Waals surface area contributed by atoms with Crippen LogP contribution in [0.3, 0.4) is 0 Å². The summed E-state index contributed by atoms with van der Waals surface area (Å²) >= 11 is 0. The van der Waals surface area contributed by atoms with Gasteiger partial charge in [0.05, 0.1) is 0 Å². The normalized spacial score (nSPS) is 13.2. The van der Waals surface area contributed by atoms with E-state index >= 15 is 0 Å². The van der Waals surface area contributed by atoms with Crippen LogP contribution in [0.15, 0.2) is 9.98 Å². The molecule has 0 heterocycles. The molecule has 0 aliphatic rings. The summed E-state index contributed by atoms with van der Waals surface area (Å²) in [7, 11) is 7.40. The van der Waals surface area contributed by atoms with Gasteiger partial charge in [-0.1, -0.05) is 0 Å². The summed E-state index contributed by atoms with van der Waals surface area (Å²) in [5.41, 5.74) is 0. The molecule has 0 radical (unpaired) electrons. The van der Waals surface area contributed by atoms with Crippen molar-refractivity contribution in [1.82, 2.24) is 10.2 Å². The van der Waals surface area contributed by atoms with Gasteiger partial charge in [-0.2, -0.15) is 0 Å². The van der Waals surface area contributed by atoms with Crippen molar-refractivity contribution in [2.75, 3.05) is 28.2 Å². The summed E-state index contributed by atoms with van der Waals surface area (Å²) in [6.07, 6.45) is 0. The molecule has 0 amide bonds. The van der Waals surface area contributed by atoms with Gasteiger partial charge in [0.2, 0.25) is 5.96 Å². The number of hydrogen-bond acceptors (Lipinski definition) is 1. The second-order valence-electron chi connectivity index (χ2n) is 2.35. The predicted molar refractivity (Wildman–Crippen MR) is 49.2 cm³/mol. The fraction of sp³-hybridized carbons (Fsp3) is 0.714. The number of hydrogen-bond donors (Lipinski definition) is 1. The van der Waals surface area contributed by atoms with Crippen molar-refractivity contribution in [2.24, 2.45) is 9.98 Å². The second kappa shape index (κ2) is 4.71. The number of nitrogens with one attached hydrogen (secondary N) is 1. The molecule has 0 saturated carbocycles. The van der Waals surface area contributed by atoms with E-state index in [4.69, 9.17) is 0 Å². The highest BCUT2D eigenvalue weighted by molar-refractivity contribution is 5.94. The molecule has 11 heavy (non-hydrogen) atoms. The van der Waals surface area contributed by atoms with Crippen LogP contribution in [0.25, 0.3) is 0 Å². The van der Waals surface area contributed by atoms with Gasteiger partial charge in [0.15, 0.2) is 0 Å². The van der Waals surface area contributed by atoms with Crippen molar-refractivity contribution in [3.63, 3.8) is 0 Å². The maximum Gasteiger partial charge on any atom is 0.219 e. The molecule has 0 bridgehead atoms. The summed E-state index contributed by atoms with van der Waals surface area (Å²) in [5, 5.41) is 2.87. The summed E-state index contributed by atoms with van der Waals surface area (Å²) < 4.78 is 0. The lowest BCUT2D eigenvalue weighted by Crippen LogP contribution is -2.24. The van der Waals surface area contributed by atoms with Gasteiger partial charge >= 0.3 is 0 Å². The standard InChI is InChI=1S/C7H16N4/c1-6(11(4)5)10-7(8-2)9-3/h1-5H3,(H,8,9)/b10-6+. The number of rotatable bonds is 0. The first-order chi connectivity index (χ1) is 5.11. The third kappa shape index (κ3) is 3.60. The molecule has 0 aromatic carbocycles. The Morgan fingerprint density at radius 1 is 1.36 bits per heavy atom. The third-order valence-electron chi connectivity index (χ3n) is 1.35. The molecule has 0 unspecified atom stereocenters. The van der Waals surface area contributed by atoms with Crippen LogP contribution in [0.5, 0.6) is 0 Å². The quantitative estimate of drug-likeness (QED) is 0.401. The van der Waals surface area contributed by atoms with E-state index in [1.165, 1.54) is 0 Å². The van der Waals surface area contributed by atoms with E-state index in [2.05, 4.69) is 15.3 Å². The average molecular weight is 156 g/mol. The first kappa shape index (κ1) is 9.94. The number of amidine groups is 1. The van der Waals surface area contributed by atoms with E-state index < -0.39 is 0 Å². The molecule has 4 nitrogen and oxygen atoms in total. The van der Waals surface area contributed by atoms with Crippen molar-refractivity contribution < 1.29 is 0 Å². The summed E-state index contributed by atoms with van der Waals surface area (Å²) in [6, 6.07) is 0. The lowest BCUT2D eigenvalue weighted by Gasteiger charge is -2.10. The molecule has 0 saturated heterocycles. The monoisotopic (exact) mass is 156 g/mol. The van der Waals surface area contributed by atoms with Gasteiger partial charge in [-0.3, -0.25) is 4.99 Å². The molecule has 0 aliphatic heterocycles. The maximum absolute atomic E-state index is 4.19. The fourth-order valence-corrected chi connectivity index (χ4v) is 0.471. The highest BCUT2D eigenvalue weighted by atomic mass is 15.2. The van der Waals surface area contributed by atoms with Crippen LogP contribution in [0.1, 0.15) is 6.92 Å². The fourth-order valence-electron chi connectivity index (χ4n) is 0.471. The predicted octanol–water partition coefficient (Wildman–Crippen LogP) is 0.172. The Balaban J connectivity index is 4.28. The van der Waals surface area contributed by atoms with E-state index in [9.17, 15) is 0 Å². The van der Waals surface area contributed by atoms with Gasteiger partial charge in [0, 0.05) is 28.2 Å². The molecule has 0 fully saturated rings. The van der Waals surface area contributed by atoms with E-state index in [1.54, 1.807) is 14.1 Å². The molecule has 0 spiro atoms. The molecular formula is C7H16N4. The largest absolute Gasteiger partial charge is 0.366 e. The number of guanidine groups is 1. The van der Waals surface area contributed by atoms with Gasteiger partial charge < -0.3 is 10.2 Å². The zero-order chi connectivity index (χ0) is 8.85. The van der Waals surface area contributed by atoms with Crippen LogP contribution in [-0.4, -0.2) is 44.9 Å². The molecule has 1 N–H and O–H groups in total. The van der Waals surface area contributed by atoms with E-state index in [0.29, 0.717) is 5.96 Å². The first-order valence-corrected chi connectivity index (χ1v) is 3.49. The highest BCUT2D eigenvalue weighted by Crippen LogP contribution is 1.83. The van der Waals surface area contributed by atoms with Crippen LogP contribution in [-0.2, 0) is 0 Å². The molecule has 0 atom stereocenters. The van der Waals surface area contributed by atoms with Crippen LogP contribution < -0.4 is 5.32 Å². The number of nitrogens with zero attached hydrogens (tertiary/aromatic N) is 3. The Hall–Kier alpha value is -1.06. The lowest BCUT2D eigenvalue weighted by atomic mass is 10.6. The van der Waals surface area contributed by atoms with Crippen LogP contribution in [0.4, 0.5) is 0 Å². The zero-order valence-electron chi connectivity index (χ0n) is 7.84. The molecule has 0 aliphatic carbocycles. The topological polar surface area (TPSA) is 40.0 Å². The van der Waals surface area contributed by atoms with Gasteiger partial charge in [0.25, 0.3) is 0 Å². The minimum absolute atomic E-state index is 0.649. The molecule has 0 aromatic rings. The highest BCUT2D eigenvalue weighted by Gasteiger charge is 1.94. The smallest absolute Gasteiger partial charge is 0.219 e. The third-order valence-corrected chi connectivity index (χ3v) is 1.35. The number of aliphatic imine (C=N–C) groups is 2. The molecule has 0 rings (SSSR count). The molecule has 64 valence electrons. The molecule has 0 aromatic heterocycles. The van der Waals surface area contributed by atoms with Crippen LogP contribution >= 0.6 is 0 Å². The van der Waals surface area contributed by atoms with Gasteiger partial charge in [-0.05, 0) is 6.92 Å². The van der Waals surface area contributed by atoms with Crippen LogP contribution in [0, 0.1) is 0 Å². The summed E-state index contributed by atoms with van der Waals surface area (Å²) in [5.74, 6) is 1.58. The van der Waals surface area contributed by atoms with Gasteiger partial charge in [-0.15, -0.1) is 0 Å². The van der Waals surface area contributed by atoms with Crippen molar-refractivity contribution in [3.8, 4) is 0 Å². The zero-order valence-corrected chi connectivity index (χ0v) is 7.84. The van der Waals surface area contributed by atoms with E-state index in [1.807, 2.05) is 25.9 Å². The van der Waals surface area contributed by atoms with Crippen molar-refractivity contribution in [1.29, 1.82) is 0 Å². The SMILES string of the molecule is C/N=C(/N=C(\C)N(C)C)NC. The minimum Gasteiger partial charge on any atom is -0.366 e. The van der Waals surface area contributed by atoms with Crippen molar-refractivity contribution in [2.45, 2.75) is 6.92 Å². The van der Waals surface area contributed by atoms with Crippen molar-refractivity contribution >= 4 is 11.8 Å². The Morgan fingerprint density at radius 3 is 2.18 bits per heavy atom. The van der Waals surface area contributed by atoms with Gasteiger partial charge in [-0.25, -0.2) is 4.99 Å². The lowest BCUT2D eigenvalue weighted by molar-refractivity contribution is 0.619. The summed E-state index contributed by atoms with van der Waals surface area (Å²) in [6.45, 7) is 1.93. The van der Waals surface area contributed by atoms with Gasteiger partial charge in [0.1, 0.15) is 5.84 Å². The minimum atomic E-state index is 0.649. The van der Waals surface area contributed by atoms with Crippen molar-refractivity contribution in [3.05, 3.63) is 0 Å². The van der Waals surface area contributed by atoms with E-state index in [-0.39, 0.29) is 0 Å². The average Bonchev–Trinajstić information content (AvgIpc) is 1.99. The molecular weight excluding hydrogens is 140 g/mol. The van der Waals surface area contributed by atoms with Crippen LogP contribution in [0.2, 0.25) is 0 Å². The second-order valence-corrected chi connectivity index (χ2v) is 2.35. The Kier molecular flexibility index (Phi) is 4.26. The Labute approximate surface area is 68.0 Å². The van der Waals surface area contributed by atoms with E-state index in [0.717, 1.165) is 5.84 Å². The maximum atomic E-state index is 4.19. The Morgan fingerprint density at radius 2 is 1.91 bits per heavy atom. The Bertz CT molecular complexity index is 169.